The van der Waals surface area contributed by atoms with Gasteiger partial charge in [0.1, 0.15) is 6.10 Å². The maximum atomic E-state index is 11.8. The Hall–Kier alpha value is -2.07. The van der Waals surface area contributed by atoms with Gasteiger partial charge in [0, 0.05) is 26.3 Å². The second kappa shape index (κ2) is 8.97. The minimum absolute atomic E-state index is 0.0822. The Kier molecular flexibility index (Phi) is 6.76. The van der Waals surface area contributed by atoms with E-state index in [9.17, 15) is 14.4 Å². The average molecular weight is 480 g/mol. The average Bonchev–Trinajstić information content (AvgIpc) is 2.98. The van der Waals surface area contributed by atoms with E-state index in [1.807, 2.05) is 0 Å². The number of rotatable bonds is 4. The van der Waals surface area contributed by atoms with Crippen molar-refractivity contribution in [2.24, 2.45) is 0 Å². The molecule has 0 spiro atoms. The number of carbonyl (C=O) groups excluding carboxylic acids is 3. The molecule has 0 aliphatic carbocycles. The lowest BCUT2D eigenvalue weighted by Crippen LogP contribution is -2.54. The van der Waals surface area contributed by atoms with Gasteiger partial charge in [-0.25, -0.2) is 4.98 Å². The third-order valence-corrected chi connectivity index (χ3v) is 5.29. The molecule has 1 fully saturated rings. The lowest BCUT2D eigenvalue weighted by Gasteiger charge is -2.41. The second-order valence-electron chi connectivity index (χ2n) is 6.56. The number of aromatic nitrogens is 2. The third kappa shape index (κ3) is 4.64. The summed E-state index contributed by atoms with van der Waals surface area (Å²) in [6, 6.07) is 1.54. The number of aromatic amines is 1. The fourth-order valence-electron chi connectivity index (χ4n) is 3.34. The van der Waals surface area contributed by atoms with Crippen LogP contribution < -0.4 is 0 Å². The molecule has 1 aliphatic rings. The molecule has 0 amide bonds. The quantitative estimate of drug-likeness (QED) is 0.524. The van der Waals surface area contributed by atoms with Crippen molar-refractivity contribution in [1.82, 2.24) is 9.97 Å². The molecule has 0 bridgehead atoms. The van der Waals surface area contributed by atoms with Crippen LogP contribution in [0.15, 0.2) is 6.07 Å². The highest BCUT2D eigenvalue weighted by molar-refractivity contribution is 6.43. The van der Waals surface area contributed by atoms with Crippen molar-refractivity contribution in [1.29, 1.82) is 0 Å². The van der Waals surface area contributed by atoms with Crippen LogP contribution in [0.2, 0.25) is 15.3 Å². The summed E-state index contributed by atoms with van der Waals surface area (Å²) in [5.41, 5.74) is 1.09. The van der Waals surface area contributed by atoms with Gasteiger partial charge in [-0.3, -0.25) is 14.4 Å². The minimum Gasteiger partial charge on any atom is -0.456 e. The smallest absolute Gasteiger partial charge is 0.303 e. The number of esters is 3. The molecule has 0 unspecified atom stereocenters. The molecule has 12 heteroatoms. The first kappa shape index (κ1) is 22.6. The van der Waals surface area contributed by atoms with E-state index in [1.165, 1.54) is 26.8 Å². The fraction of sp³-hybridized carbons (Fsp3) is 0.444. The molecule has 2 aromatic rings. The molecular weight excluding hydrogens is 463 g/mol. The predicted molar refractivity (Wildman–Crippen MR) is 106 cm³/mol. The lowest BCUT2D eigenvalue weighted by atomic mass is 9.93. The Morgan fingerprint density at radius 1 is 1.03 bits per heavy atom. The van der Waals surface area contributed by atoms with E-state index in [0.29, 0.717) is 11.0 Å². The van der Waals surface area contributed by atoms with Crippen LogP contribution in [0.25, 0.3) is 11.0 Å². The van der Waals surface area contributed by atoms with E-state index in [-0.39, 0.29) is 27.5 Å². The number of ether oxygens (including phenoxy) is 4. The number of benzene rings is 1. The summed E-state index contributed by atoms with van der Waals surface area (Å²) in [5.74, 6) is -1.97. The Labute approximate surface area is 185 Å². The number of fused-ring (bicyclic) bond motifs is 1. The first-order valence-corrected chi connectivity index (χ1v) is 9.88. The molecular formula is C18H17Cl3N2O7. The monoisotopic (exact) mass is 478 g/mol. The van der Waals surface area contributed by atoms with Gasteiger partial charge < -0.3 is 23.9 Å². The van der Waals surface area contributed by atoms with Crippen molar-refractivity contribution in [3.63, 3.8) is 0 Å². The number of imidazole rings is 1. The maximum Gasteiger partial charge on any atom is 0.303 e. The first-order valence-electron chi connectivity index (χ1n) is 8.74. The van der Waals surface area contributed by atoms with Gasteiger partial charge in [-0.15, -0.1) is 0 Å². The largest absolute Gasteiger partial charge is 0.456 e. The summed E-state index contributed by atoms with van der Waals surface area (Å²) in [4.78, 5) is 42.1. The molecule has 1 N–H and O–H groups in total. The van der Waals surface area contributed by atoms with Crippen LogP contribution in [0.5, 0.6) is 0 Å². The summed E-state index contributed by atoms with van der Waals surface area (Å²) in [6.45, 7) is 3.39. The molecule has 1 aromatic heterocycles. The number of nitrogens with zero attached hydrogens (tertiary/aromatic N) is 1. The normalized spacial score (nSPS) is 23.8. The Bertz CT molecular complexity index is 1010. The van der Waals surface area contributed by atoms with Crippen molar-refractivity contribution in [2.75, 3.05) is 6.61 Å². The topological polar surface area (TPSA) is 117 Å². The molecule has 4 atom stereocenters. The first-order chi connectivity index (χ1) is 14.1. The molecule has 162 valence electrons. The number of carbonyl (C=O) groups is 3. The van der Waals surface area contributed by atoms with Crippen LogP contribution in [0, 0.1) is 0 Å². The van der Waals surface area contributed by atoms with Gasteiger partial charge in [0.2, 0.25) is 5.28 Å². The van der Waals surface area contributed by atoms with Gasteiger partial charge in [0.25, 0.3) is 0 Å². The van der Waals surface area contributed by atoms with Crippen LogP contribution in [0.4, 0.5) is 0 Å². The van der Waals surface area contributed by atoms with E-state index in [2.05, 4.69) is 9.97 Å². The molecule has 3 rings (SSSR count). The summed E-state index contributed by atoms with van der Waals surface area (Å²) < 4.78 is 21.9. The number of halogens is 3. The van der Waals surface area contributed by atoms with Crippen LogP contribution in [0.3, 0.4) is 0 Å². The van der Waals surface area contributed by atoms with Gasteiger partial charge in [0.15, 0.2) is 18.3 Å². The molecule has 9 nitrogen and oxygen atoms in total. The van der Waals surface area contributed by atoms with E-state index in [1.54, 1.807) is 0 Å². The fourth-order valence-corrected chi connectivity index (χ4v) is 3.99. The van der Waals surface area contributed by atoms with Crippen LogP contribution in [-0.4, -0.2) is 52.8 Å². The van der Waals surface area contributed by atoms with Crippen molar-refractivity contribution >= 4 is 63.7 Å². The van der Waals surface area contributed by atoms with Gasteiger partial charge >= 0.3 is 17.9 Å². The van der Waals surface area contributed by atoms with Gasteiger partial charge in [-0.1, -0.05) is 23.2 Å². The molecule has 1 aromatic carbocycles. The zero-order valence-corrected chi connectivity index (χ0v) is 18.3. The van der Waals surface area contributed by atoms with E-state index < -0.39 is 42.3 Å². The van der Waals surface area contributed by atoms with Crippen molar-refractivity contribution in [3.8, 4) is 0 Å². The number of H-pyrrole nitrogens is 1. The number of nitrogens with one attached hydrogen (secondary N) is 1. The summed E-state index contributed by atoms with van der Waals surface area (Å²) >= 11 is 18.7. The van der Waals surface area contributed by atoms with Crippen molar-refractivity contribution in [3.05, 3.63) is 27.0 Å². The predicted octanol–water partition coefficient (Wildman–Crippen LogP) is 3.39. The number of hydrogen-bond donors (Lipinski definition) is 1. The minimum atomic E-state index is -1.21. The highest BCUT2D eigenvalue weighted by atomic mass is 35.5. The second-order valence-corrected chi connectivity index (χ2v) is 7.70. The zero-order chi connectivity index (χ0) is 22.2. The van der Waals surface area contributed by atoms with Crippen molar-refractivity contribution < 1.29 is 33.3 Å². The van der Waals surface area contributed by atoms with Crippen LogP contribution >= 0.6 is 34.8 Å². The Morgan fingerprint density at radius 3 is 2.23 bits per heavy atom. The number of hydrogen-bond acceptors (Lipinski definition) is 8. The molecule has 1 aliphatic heterocycles. The molecule has 1 saturated heterocycles. The summed E-state index contributed by atoms with van der Waals surface area (Å²) in [6.07, 6.45) is -4.42. The van der Waals surface area contributed by atoms with Crippen molar-refractivity contribution in [2.45, 2.75) is 45.2 Å². The molecule has 30 heavy (non-hydrogen) atoms. The highest BCUT2D eigenvalue weighted by Gasteiger charge is 2.48. The zero-order valence-electron chi connectivity index (χ0n) is 16.0. The summed E-state index contributed by atoms with van der Waals surface area (Å²) in [7, 11) is 0. The third-order valence-electron chi connectivity index (χ3n) is 4.31. The SMILES string of the molecule is CC(=O)O[C@@H]1[C@H](OC(C)=O)[C@@H](OC(C)=O)CO[C@H]1c1c(Cl)c(Cl)cc2[nH]c(Cl)nc12. The molecule has 2 heterocycles. The lowest BCUT2D eigenvalue weighted by molar-refractivity contribution is -0.227. The molecule has 0 saturated carbocycles. The maximum absolute atomic E-state index is 11.8. The van der Waals surface area contributed by atoms with Gasteiger partial charge in [-0.05, 0) is 17.7 Å². The van der Waals surface area contributed by atoms with E-state index in [4.69, 9.17) is 53.8 Å². The van der Waals surface area contributed by atoms with E-state index in [0.717, 1.165) is 0 Å². The van der Waals surface area contributed by atoms with Gasteiger partial charge in [-0.2, -0.15) is 0 Å². The highest BCUT2D eigenvalue weighted by Crippen LogP contribution is 2.43. The van der Waals surface area contributed by atoms with E-state index >= 15 is 0 Å². The summed E-state index contributed by atoms with van der Waals surface area (Å²) in [5, 5.41) is 0.358. The Balaban J connectivity index is 2.15. The van der Waals surface area contributed by atoms with Crippen LogP contribution in [-0.2, 0) is 33.3 Å². The van der Waals surface area contributed by atoms with Crippen LogP contribution in [0.1, 0.15) is 32.4 Å². The van der Waals surface area contributed by atoms with Gasteiger partial charge in [0.05, 0.1) is 27.7 Å². The standard InChI is InChI=1S/C18H17Cl3N2O7/c1-6(24)28-11-5-27-16(17(30-8(3)26)15(11)29-7(2)25)12-13(20)9(19)4-10-14(12)23-18(21)22-10/h4,11,15-17H,5H2,1-3H3,(H,22,23)/t11-,15+,16-,17+/m0/s1. The Morgan fingerprint density at radius 2 is 1.63 bits per heavy atom. The molecule has 0 radical (unpaired) electrons.